The van der Waals surface area contributed by atoms with Crippen LogP contribution in [0.25, 0.3) is 0 Å². The average molecular weight is 193 g/mol. The van der Waals surface area contributed by atoms with Gasteiger partial charge in [-0.25, -0.2) is 0 Å². The van der Waals surface area contributed by atoms with E-state index < -0.39 is 6.10 Å². The van der Waals surface area contributed by atoms with E-state index in [1.165, 1.54) is 0 Å². The topological polar surface area (TPSA) is 41.5 Å². The maximum absolute atomic E-state index is 9.98. The summed E-state index contributed by atoms with van der Waals surface area (Å²) in [5, 5.41) is 13.2. The molecule has 2 N–H and O–H groups in total. The average Bonchev–Trinajstić information content (AvgIpc) is 2.30. The highest BCUT2D eigenvalue weighted by Crippen LogP contribution is 2.19. The zero-order chi connectivity index (χ0) is 9.80. The summed E-state index contributed by atoms with van der Waals surface area (Å²) in [5.41, 5.74) is 0.918. The Kier molecular flexibility index (Phi) is 3.14. The van der Waals surface area contributed by atoms with Crippen molar-refractivity contribution < 1.29 is 9.84 Å². The molecule has 0 amide bonds. The number of aliphatic hydroxyl groups is 1. The Morgan fingerprint density at radius 1 is 1.36 bits per heavy atom. The molecule has 0 radical (unpaired) electrons. The number of hydrogen-bond donors (Lipinski definition) is 2. The molecule has 0 saturated carbocycles. The van der Waals surface area contributed by atoms with Gasteiger partial charge in [0.2, 0.25) is 0 Å². The number of hydrogen-bond acceptors (Lipinski definition) is 3. The molecule has 1 fully saturated rings. The molecule has 1 saturated heterocycles. The van der Waals surface area contributed by atoms with E-state index in [9.17, 15) is 5.11 Å². The Morgan fingerprint density at radius 3 is 2.79 bits per heavy atom. The number of rotatable bonds is 2. The fraction of sp³-hybridized carbons (Fsp3) is 0.455. The van der Waals surface area contributed by atoms with E-state index >= 15 is 0 Å². The van der Waals surface area contributed by atoms with Crippen LogP contribution in [-0.4, -0.2) is 30.9 Å². The van der Waals surface area contributed by atoms with E-state index in [2.05, 4.69) is 5.32 Å². The molecule has 3 nitrogen and oxygen atoms in total. The SMILES string of the molecule is O[C@H](c1ccccc1)[C@H]1CNCCO1. The fourth-order valence-corrected chi connectivity index (χ4v) is 1.65. The molecule has 3 heteroatoms. The van der Waals surface area contributed by atoms with Crippen molar-refractivity contribution >= 4 is 0 Å². The highest BCUT2D eigenvalue weighted by atomic mass is 16.5. The van der Waals surface area contributed by atoms with Gasteiger partial charge in [-0.15, -0.1) is 0 Å². The Hall–Kier alpha value is -0.900. The van der Waals surface area contributed by atoms with Gasteiger partial charge in [0.25, 0.3) is 0 Å². The molecular weight excluding hydrogens is 178 g/mol. The third-order valence-corrected chi connectivity index (χ3v) is 2.45. The van der Waals surface area contributed by atoms with Gasteiger partial charge in [0.15, 0.2) is 0 Å². The predicted molar refractivity (Wildman–Crippen MR) is 54.0 cm³/mol. The van der Waals surface area contributed by atoms with E-state index in [0.717, 1.165) is 18.7 Å². The van der Waals surface area contributed by atoms with Crippen molar-refractivity contribution in [3.63, 3.8) is 0 Å². The third kappa shape index (κ3) is 2.12. The van der Waals surface area contributed by atoms with Crippen LogP contribution in [0.1, 0.15) is 11.7 Å². The summed E-state index contributed by atoms with van der Waals surface area (Å²) in [6.07, 6.45) is -0.643. The molecule has 0 aromatic heterocycles. The van der Waals surface area contributed by atoms with Crippen LogP contribution >= 0.6 is 0 Å². The largest absolute Gasteiger partial charge is 0.386 e. The number of ether oxygens (including phenoxy) is 1. The summed E-state index contributed by atoms with van der Waals surface area (Å²) >= 11 is 0. The normalized spacial score (nSPS) is 24.5. The van der Waals surface area contributed by atoms with Gasteiger partial charge in [-0.05, 0) is 5.56 Å². The molecule has 1 heterocycles. The Labute approximate surface area is 83.7 Å². The van der Waals surface area contributed by atoms with Gasteiger partial charge in [-0.2, -0.15) is 0 Å². The highest BCUT2D eigenvalue weighted by Gasteiger charge is 2.23. The van der Waals surface area contributed by atoms with Crippen LogP contribution in [0.3, 0.4) is 0 Å². The van der Waals surface area contributed by atoms with E-state index in [0.29, 0.717) is 6.61 Å². The molecule has 0 unspecified atom stereocenters. The number of morpholine rings is 1. The minimum Gasteiger partial charge on any atom is -0.386 e. The molecule has 14 heavy (non-hydrogen) atoms. The molecule has 76 valence electrons. The zero-order valence-electron chi connectivity index (χ0n) is 8.02. The number of aliphatic hydroxyl groups excluding tert-OH is 1. The van der Waals surface area contributed by atoms with Crippen molar-refractivity contribution in [3.8, 4) is 0 Å². The van der Waals surface area contributed by atoms with Crippen molar-refractivity contribution in [1.82, 2.24) is 5.32 Å². The second-order valence-electron chi connectivity index (χ2n) is 3.47. The maximum atomic E-state index is 9.98. The van der Waals surface area contributed by atoms with Crippen molar-refractivity contribution in [1.29, 1.82) is 0 Å². The number of nitrogens with one attached hydrogen (secondary N) is 1. The van der Waals surface area contributed by atoms with Gasteiger partial charge in [-0.3, -0.25) is 0 Å². The van der Waals surface area contributed by atoms with Crippen LogP contribution in [0, 0.1) is 0 Å². The van der Waals surface area contributed by atoms with Gasteiger partial charge in [0, 0.05) is 13.1 Å². The smallest absolute Gasteiger partial charge is 0.106 e. The quantitative estimate of drug-likeness (QED) is 0.726. The van der Waals surface area contributed by atoms with Crippen LogP contribution < -0.4 is 5.32 Å². The first kappa shape index (κ1) is 9.65. The summed E-state index contributed by atoms with van der Waals surface area (Å²) in [6.45, 7) is 2.27. The maximum Gasteiger partial charge on any atom is 0.106 e. The molecule has 1 aliphatic heterocycles. The minimum absolute atomic E-state index is 0.119. The Morgan fingerprint density at radius 2 is 2.14 bits per heavy atom. The van der Waals surface area contributed by atoms with Crippen LogP contribution in [0.5, 0.6) is 0 Å². The lowest BCUT2D eigenvalue weighted by Gasteiger charge is -2.27. The molecule has 1 aliphatic rings. The summed E-state index contributed by atoms with van der Waals surface area (Å²) in [4.78, 5) is 0. The Balaban J connectivity index is 2.03. The van der Waals surface area contributed by atoms with Crippen LogP contribution in [0.15, 0.2) is 30.3 Å². The third-order valence-electron chi connectivity index (χ3n) is 2.45. The van der Waals surface area contributed by atoms with Crippen LogP contribution in [0.4, 0.5) is 0 Å². The standard InChI is InChI=1S/C11H15NO2/c13-11(9-4-2-1-3-5-9)10-8-12-6-7-14-10/h1-5,10-13H,6-8H2/t10-,11-/m1/s1. The second kappa shape index (κ2) is 4.55. The summed E-state index contributed by atoms with van der Waals surface area (Å²) in [5.74, 6) is 0. The summed E-state index contributed by atoms with van der Waals surface area (Å²) in [7, 11) is 0. The molecular formula is C11H15NO2. The van der Waals surface area contributed by atoms with Crippen LogP contribution in [0.2, 0.25) is 0 Å². The number of benzene rings is 1. The van der Waals surface area contributed by atoms with Gasteiger partial charge in [-0.1, -0.05) is 30.3 Å². The lowest BCUT2D eigenvalue weighted by atomic mass is 10.0. The monoisotopic (exact) mass is 193 g/mol. The Bertz CT molecular complexity index is 270. The van der Waals surface area contributed by atoms with Crippen molar-refractivity contribution in [3.05, 3.63) is 35.9 Å². The van der Waals surface area contributed by atoms with E-state index in [1.54, 1.807) is 0 Å². The van der Waals surface area contributed by atoms with Gasteiger partial charge in [0.1, 0.15) is 6.10 Å². The zero-order valence-corrected chi connectivity index (χ0v) is 8.02. The van der Waals surface area contributed by atoms with Gasteiger partial charge < -0.3 is 15.2 Å². The first-order valence-corrected chi connectivity index (χ1v) is 4.93. The summed E-state index contributed by atoms with van der Waals surface area (Å²) < 4.78 is 5.48. The minimum atomic E-state index is -0.524. The molecule has 2 rings (SSSR count). The van der Waals surface area contributed by atoms with E-state index in [1.807, 2.05) is 30.3 Å². The van der Waals surface area contributed by atoms with Crippen LogP contribution in [-0.2, 0) is 4.74 Å². The van der Waals surface area contributed by atoms with Crippen molar-refractivity contribution in [2.45, 2.75) is 12.2 Å². The van der Waals surface area contributed by atoms with Gasteiger partial charge in [0.05, 0.1) is 12.7 Å². The van der Waals surface area contributed by atoms with E-state index in [-0.39, 0.29) is 6.10 Å². The first-order chi connectivity index (χ1) is 6.88. The highest BCUT2D eigenvalue weighted by molar-refractivity contribution is 5.18. The molecule has 1 aromatic carbocycles. The van der Waals surface area contributed by atoms with E-state index in [4.69, 9.17) is 4.74 Å². The van der Waals surface area contributed by atoms with Crippen molar-refractivity contribution in [2.75, 3.05) is 19.7 Å². The van der Waals surface area contributed by atoms with Gasteiger partial charge >= 0.3 is 0 Å². The lowest BCUT2D eigenvalue weighted by Crippen LogP contribution is -2.41. The molecule has 0 spiro atoms. The molecule has 0 aliphatic carbocycles. The first-order valence-electron chi connectivity index (χ1n) is 4.93. The van der Waals surface area contributed by atoms with Crippen molar-refractivity contribution in [2.24, 2.45) is 0 Å². The molecule has 0 bridgehead atoms. The fourth-order valence-electron chi connectivity index (χ4n) is 1.65. The predicted octanol–water partition coefficient (Wildman–Crippen LogP) is 0.708. The molecule has 2 atom stereocenters. The summed E-state index contributed by atoms with van der Waals surface area (Å²) in [6, 6.07) is 9.63. The molecule has 1 aromatic rings. The second-order valence-corrected chi connectivity index (χ2v) is 3.47. The lowest BCUT2D eigenvalue weighted by molar-refractivity contribution is -0.0536.